The summed E-state index contributed by atoms with van der Waals surface area (Å²) in [5, 5.41) is 19.3. The fourth-order valence-electron chi connectivity index (χ4n) is 1.47. The molecule has 0 unspecified atom stereocenters. The summed E-state index contributed by atoms with van der Waals surface area (Å²) in [6.45, 7) is 3.17. The van der Waals surface area contributed by atoms with Crippen molar-refractivity contribution >= 4 is 17.6 Å². The zero-order chi connectivity index (χ0) is 13.2. The van der Waals surface area contributed by atoms with Crippen molar-refractivity contribution in [3.8, 4) is 11.5 Å². The second-order valence-electron chi connectivity index (χ2n) is 4.48. The van der Waals surface area contributed by atoms with Crippen molar-refractivity contribution < 1.29 is 19.7 Å². The van der Waals surface area contributed by atoms with Crippen LogP contribution in [-0.2, 0) is 11.2 Å². The molecule has 94 valence electrons. The molecular weight excluding hydrogens is 244 g/mol. The molecule has 0 heterocycles. The van der Waals surface area contributed by atoms with Crippen LogP contribution in [0.1, 0.15) is 19.4 Å². The van der Waals surface area contributed by atoms with E-state index >= 15 is 0 Å². The topological polar surface area (TPSA) is 66.8 Å². The predicted octanol–water partition coefficient (Wildman–Crippen LogP) is 2.71. The Bertz CT molecular complexity index is 440. The molecule has 17 heavy (non-hydrogen) atoms. The fourth-order valence-corrected chi connectivity index (χ4v) is 1.70. The summed E-state index contributed by atoms with van der Waals surface area (Å²) < 4.78 is 4.96. The van der Waals surface area contributed by atoms with Gasteiger partial charge in [0.1, 0.15) is 0 Å². The minimum Gasteiger partial charge on any atom is -0.504 e. The molecule has 1 rings (SSSR count). The van der Waals surface area contributed by atoms with Crippen LogP contribution in [0.4, 0.5) is 0 Å². The van der Waals surface area contributed by atoms with E-state index in [0.717, 1.165) is 0 Å². The Kier molecular flexibility index (Phi) is 3.88. The predicted molar refractivity (Wildman–Crippen MR) is 64.8 cm³/mol. The smallest absolute Gasteiger partial charge is 0.309 e. The average molecular weight is 259 g/mol. The number of halogens is 1. The Morgan fingerprint density at radius 3 is 2.53 bits per heavy atom. The van der Waals surface area contributed by atoms with E-state index in [9.17, 15) is 9.90 Å². The summed E-state index contributed by atoms with van der Waals surface area (Å²) in [4.78, 5) is 11.0. The molecule has 0 saturated carbocycles. The number of methoxy groups -OCH3 is 1. The van der Waals surface area contributed by atoms with Crippen molar-refractivity contribution in [1.82, 2.24) is 0 Å². The van der Waals surface area contributed by atoms with Crippen molar-refractivity contribution in [2.24, 2.45) is 5.41 Å². The standard InChI is InChI=1S/C12H15ClO4/c1-12(2,11(15)16)6-7-4-8(13)5-9(17-3)10(7)14/h4-5,14H,6H2,1-3H3,(H,15,16). The van der Waals surface area contributed by atoms with Gasteiger partial charge in [0.15, 0.2) is 11.5 Å². The van der Waals surface area contributed by atoms with Crippen molar-refractivity contribution in [2.45, 2.75) is 20.3 Å². The number of carboxylic acids is 1. The van der Waals surface area contributed by atoms with Crippen LogP contribution in [0.15, 0.2) is 12.1 Å². The highest BCUT2D eigenvalue weighted by Crippen LogP contribution is 2.36. The number of aromatic hydroxyl groups is 1. The Labute approximate surface area is 105 Å². The largest absolute Gasteiger partial charge is 0.504 e. The molecule has 5 heteroatoms. The van der Waals surface area contributed by atoms with Crippen molar-refractivity contribution in [3.63, 3.8) is 0 Å². The van der Waals surface area contributed by atoms with Gasteiger partial charge in [0.25, 0.3) is 0 Å². The molecule has 0 aromatic heterocycles. The van der Waals surface area contributed by atoms with Gasteiger partial charge in [-0.25, -0.2) is 0 Å². The Morgan fingerprint density at radius 1 is 1.47 bits per heavy atom. The number of hydrogen-bond donors (Lipinski definition) is 2. The number of aliphatic carboxylic acids is 1. The first-order valence-electron chi connectivity index (χ1n) is 5.06. The fraction of sp³-hybridized carbons (Fsp3) is 0.417. The van der Waals surface area contributed by atoms with E-state index in [1.807, 2.05) is 0 Å². The molecule has 2 N–H and O–H groups in total. The van der Waals surface area contributed by atoms with Gasteiger partial charge in [-0.3, -0.25) is 4.79 Å². The number of phenolic OH excluding ortho intramolecular Hbond substituents is 1. The minimum absolute atomic E-state index is 0.0637. The highest BCUT2D eigenvalue weighted by molar-refractivity contribution is 6.30. The van der Waals surface area contributed by atoms with Crippen LogP contribution in [0, 0.1) is 5.41 Å². The lowest BCUT2D eigenvalue weighted by Crippen LogP contribution is -2.26. The van der Waals surface area contributed by atoms with Gasteiger partial charge in [-0.2, -0.15) is 0 Å². The number of benzene rings is 1. The molecule has 1 aromatic carbocycles. The van der Waals surface area contributed by atoms with Gasteiger partial charge in [0.05, 0.1) is 12.5 Å². The lowest BCUT2D eigenvalue weighted by Gasteiger charge is -2.20. The summed E-state index contributed by atoms with van der Waals surface area (Å²) in [6.07, 6.45) is 0.172. The molecule has 0 spiro atoms. The second kappa shape index (κ2) is 4.84. The third-order valence-electron chi connectivity index (χ3n) is 2.55. The van der Waals surface area contributed by atoms with Gasteiger partial charge in [0, 0.05) is 16.7 Å². The van der Waals surface area contributed by atoms with E-state index in [4.69, 9.17) is 21.4 Å². The number of rotatable bonds is 4. The maximum Gasteiger partial charge on any atom is 0.309 e. The van der Waals surface area contributed by atoms with E-state index in [1.54, 1.807) is 19.9 Å². The Hall–Kier alpha value is -1.42. The van der Waals surface area contributed by atoms with E-state index in [0.29, 0.717) is 10.6 Å². The zero-order valence-corrected chi connectivity index (χ0v) is 10.7. The maximum absolute atomic E-state index is 11.0. The van der Waals surface area contributed by atoms with Gasteiger partial charge in [-0.1, -0.05) is 11.6 Å². The number of carboxylic acid groups (broad SMARTS) is 1. The summed E-state index contributed by atoms with van der Waals surface area (Å²) in [6, 6.07) is 3.03. The molecule has 0 aliphatic heterocycles. The quantitative estimate of drug-likeness (QED) is 0.871. The lowest BCUT2D eigenvalue weighted by molar-refractivity contribution is -0.146. The zero-order valence-electron chi connectivity index (χ0n) is 9.95. The number of phenols is 1. The molecule has 0 aliphatic rings. The lowest BCUT2D eigenvalue weighted by atomic mass is 9.85. The van der Waals surface area contributed by atoms with Gasteiger partial charge in [-0.15, -0.1) is 0 Å². The molecule has 4 nitrogen and oxygen atoms in total. The maximum atomic E-state index is 11.0. The van der Waals surface area contributed by atoms with Gasteiger partial charge < -0.3 is 14.9 Å². The van der Waals surface area contributed by atoms with Crippen LogP contribution < -0.4 is 4.74 Å². The monoisotopic (exact) mass is 258 g/mol. The molecular formula is C12H15ClO4. The van der Waals surface area contributed by atoms with Gasteiger partial charge >= 0.3 is 5.97 Å². The molecule has 0 saturated heterocycles. The van der Waals surface area contributed by atoms with Gasteiger partial charge in [-0.05, 0) is 26.3 Å². The van der Waals surface area contributed by atoms with Crippen LogP contribution >= 0.6 is 11.6 Å². The first-order chi connectivity index (χ1) is 7.77. The highest BCUT2D eigenvalue weighted by Gasteiger charge is 2.29. The molecule has 0 bridgehead atoms. The van der Waals surface area contributed by atoms with Crippen LogP contribution in [0.5, 0.6) is 11.5 Å². The molecule has 1 aromatic rings. The Balaban J connectivity index is 3.15. The van der Waals surface area contributed by atoms with Crippen LogP contribution in [-0.4, -0.2) is 23.3 Å². The molecule has 0 radical (unpaired) electrons. The third kappa shape index (κ3) is 3.03. The number of carbonyl (C=O) groups is 1. The van der Waals surface area contributed by atoms with Gasteiger partial charge in [0.2, 0.25) is 0 Å². The number of hydrogen-bond acceptors (Lipinski definition) is 3. The van der Waals surface area contributed by atoms with E-state index in [1.165, 1.54) is 13.2 Å². The molecule has 0 aliphatic carbocycles. The van der Waals surface area contributed by atoms with Crippen LogP contribution in [0.3, 0.4) is 0 Å². The van der Waals surface area contributed by atoms with Crippen molar-refractivity contribution in [2.75, 3.05) is 7.11 Å². The molecule has 0 fully saturated rings. The summed E-state index contributed by atoms with van der Waals surface area (Å²) in [5.41, 5.74) is -0.519. The molecule has 0 amide bonds. The summed E-state index contributed by atoms with van der Waals surface area (Å²) in [7, 11) is 1.41. The first kappa shape index (κ1) is 13.6. The van der Waals surface area contributed by atoms with E-state index in [2.05, 4.69) is 0 Å². The summed E-state index contributed by atoms with van der Waals surface area (Å²) >= 11 is 5.87. The van der Waals surface area contributed by atoms with Crippen molar-refractivity contribution in [1.29, 1.82) is 0 Å². The molecule has 0 atom stereocenters. The normalized spacial score (nSPS) is 11.3. The van der Waals surface area contributed by atoms with E-state index in [-0.39, 0.29) is 17.9 Å². The van der Waals surface area contributed by atoms with E-state index < -0.39 is 11.4 Å². The minimum atomic E-state index is -0.979. The summed E-state index contributed by atoms with van der Waals surface area (Å²) in [5.74, 6) is -0.754. The SMILES string of the molecule is COc1cc(Cl)cc(CC(C)(C)C(=O)O)c1O. The first-order valence-corrected chi connectivity index (χ1v) is 5.44. The third-order valence-corrected chi connectivity index (χ3v) is 2.77. The van der Waals surface area contributed by atoms with Crippen LogP contribution in [0.25, 0.3) is 0 Å². The van der Waals surface area contributed by atoms with Crippen molar-refractivity contribution in [3.05, 3.63) is 22.7 Å². The number of ether oxygens (including phenoxy) is 1. The Morgan fingerprint density at radius 2 is 2.06 bits per heavy atom. The van der Waals surface area contributed by atoms with Crippen LogP contribution in [0.2, 0.25) is 5.02 Å². The highest BCUT2D eigenvalue weighted by atomic mass is 35.5. The average Bonchev–Trinajstić information content (AvgIpc) is 2.22. The second-order valence-corrected chi connectivity index (χ2v) is 4.92.